The van der Waals surface area contributed by atoms with Crippen LogP contribution in [0.5, 0.6) is 5.75 Å². The first-order chi connectivity index (χ1) is 6.74. The Kier molecular flexibility index (Phi) is 2.36. The van der Waals surface area contributed by atoms with Crippen LogP contribution in [0.15, 0.2) is 22.4 Å². The van der Waals surface area contributed by atoms with Crippen molar-refractivity contribution < 1.29 is 5.11 Å². The minimum absolute atomic E-state index is 0.152. The molecular weight excluding hydrogens is 214 g/mol. The van der Waals surface area contributed by atoms with Crippen molar-refractivity contribution in [2.45, 2.75) is 4.21 Å². The molecule has 2 rings (SSSR count). The van der Waals surface area contributed by atoms with Crippen molar-refractivity contribution in [1.82, 2.24) is 0 Å². The summed E-state index contributed by atoms with van der Waals surface area (Å²) in [4.78, 5) is 0. The number of nitrogens with zero attached hydrogens (tertiary/aromatic N) is 1. The molecule has 0 fully saturated rings. The first-order valence-electron chi connectivity index (χ1n) is 3.95. The van der Waals surface area contributed by atoms with Crippen molar-refractivity contribution in [3.63, 3.8) is 0 Å². The number of hydrogen-bond donors (Lipinski definition) is 1. The molecule has 70 valence electrons. The lowest BCUT2D eigenvalue weighted by atomic mass is 10.2. The summed E-state index contributed by atoms with van der Waals surface area (Å²) >= 11 is 3.23. The van der Waals surface area contributed by atoms with Crippen LogP contribution in [0.1, 0.15) is 5.56 Å². The summed E-state index contributed by atoms with van der Waals surface area (Å²) in [5.41, 5.74) is 0.547. The van der Waals surface area contributed by atoms with Gasteiger partial charge in [-0.15, -0.1) is 23.1 Å². The highest BCUT2D eigenvalue weighted by Crippen LogP contribution is 2.35. The first-order valence-corrected chi connectivity index (χ1v) is 5.99. The molecule has 0 unspecified atom stereocenters. The highest BCUT2D eigenvalue weighted by Gasteiger charge is 2.07. The molecular formula is C10H7NOS2. The van der Waals surface area contributed by atoms with Crippen LogP contribution in [0, 0.1) is 11.3 Å². The Bertz CT molecular complexity index is 525. The number of thioether (sulfide) groups is 1. The summed E-state index contributed by atoms with van der Waals surface area (Å²) in [7, 11) is 0. The Hall–Kier alpha value is -1.18. The summed E-state index contributed by atoms with van der Waals surface area (Å²) in [6.07, 6.45) is 2.00. The zero-order valence-corrected chi connectivity index (χ0v) is 9.08. The van der Waals surface area contributed by atoms with Crippen LogP contribution in [0.2, 0.25) is 0 Å². The predicted molar refractivity (Wildman–Crippen MR) is 60.0 cm³/mol. The smallest absolute Gasteiger partial charge is 0.117 e. The number of aromatic hydroxyl groups is 1. The fourth-order valence-corrected chi connectivity index (χ4v) is 2.96. The average Bonchev–Trinajstić information content (AvgIpc) is 2.59. The third-order valence-electron chi connectivity index (χ3n) is 1.90. The normalized spacial score (nSPS) is 10.3. The third-order valence-corrected chi connectivity index (χ3v) is 4.15. The molecule has 1 aromatic heterocycles. The van der Waals surface area contributed by atoms with Crippen LogP contribution < -0.4 is 0 Å². The molecule has 0 atom stereocenters. The van der Waals surface area contributed by atoms with Crippen LogP contribution in [0.3, 0.4) is 0 Å². The van der Waals surface area contributed by atoms with E-state index in [1.807, 2.05) is 12.3 Å². The zero-order chi connectivity index (χ0) is 10.1. The van der Waals surface area contributed by atoms with Gasteiger partial charge in [-0.1, -0.05) is 0 Å². The van der Waals surface area contributed by atoms with E-state index in [2.05, 4.69) is 6.07 Å². The van der Waals surface area contributed by atoms with Crippen molar-refractivity contribution in [1.29, 1.82) is 5.26 Å². The van der Waals surface area contributed by atoms with Crippen molar-refractivity contribution in [2.75, 3.05) is 6.26 Å². The second-order valence-electron chi connectivity index (χ2n) is 2.79. The summed E-state index contributed by atoms with van der Waals surface area (Å²) in [5.74, 6) is 0.152. The quantitative estimate of drug-likeness (QED) is 0.752. The van der Waals surface area contributed by atoms with Crippen LogP contribution in [-0.4, -0.2) is 11.4 Å². The Labute approximate surface area is 89.8 Å². The number of benzene rings is 1. The lowest BCUT2D eigenvalue weighted by Gasteiger charge is -1.94. The molecule has 0 saturated heterocycles. The standard InChI is InChI=1S/C10H7NOS2/c1-13-9-4-6-2-8(12)3-7(5-11)10(6)14-9/h2-4,12H,1H3. The summed E-state index contributed by atoms with van der Waals surface area (Å²) in [6, 6.07) is 7.27. The highest BCUT2D eigenvalue weighted by atomic mass is 32.2. The molecule has 0 saturated carbocycles. The number of hydrogen-bond acceptors (Lipinski definition) is 4. The first kappa shape index (κ1) is 9.38. The van der Waals surface area contributed by atoms with E-state index in [0.717, 1.165) is 14.3 Å². The summed E-state index contributed by atoms with van der Waals surface area (Å²) in [5, 5.41) is 19.2. The van der Waals surface area contributed by atoms with E-state index in [1.165, 1.54) is 6.07 Å². The Balaban J connectivity index is 2.79. The van der Waals surface area contributed by atoms with Gasteiger partial charge in [0.05, 0.1) is 14.5 Å². The maximum Gasteiger partial charge on any atom is 0.117 e. The van der Waals surface area contributed by atoms with E-state index in [4.69, 9.17) is 5.26 Å². The maximum atomic E-state index is 9.37. The molecule has 0 aliphatic carbocycles. The van der Waals surface area contributed by atoms with Gasteiger partial charge >= 0.3 is 0 Å². The van der Waals surface area contributed by atoms with Crippen LogP contribution in [0.25, 0.3) is 10.1 Å². The largest absolute Gasteiger partial charge is 0.508 e. The van der Waals surface area contributed by atoms with Gasteiger partial charge in [-0.05, 0) is 29.8 Å². The molecule has 1 heterocycles. The highest BCUT2D eigenvalue weighted by molar-refractivity contribution is 8.00. The molecule has 0 aliphatic heterocycles. The second-order valence-corrected chi connectivity index (χ2v) is 4.95. The van der Waals surface area contributed by atoms with E-state index in [-0.39, 0.29) is 5.75 Å². The van der Waals surface area contributed by atoms with Gasteiger partial charge in [-0.25, -0.2) is 0 Å². The second kappa shape index (κ2) is 3.52. The van der Waals surface area contributed by atoms with Crippen molar-refractivity contribution in [3.05, 3.63) is 23.8 Å². The number of fused-ring (bicyclic) bond motifs is 1. The molecule has 2 aromatic rings. The Morgan fingerprint density at radius 2 is 2.21 bits per heavy atom. The van der Waals surface area contributed by atoms with Gasteiger partial charge < -0.3 is 5.11 Å². The number of phenolic OH excluding ortho intramolecular Hbond substituents is 1. The number of nitriles is 1. The SMILES string of the molecule is CSc1cc2cc(O)cc(C#N)c2s1. The van der Waals surface area contributed by atoms with Gasteiger partial charge in [0.1, 0.15) is 11.8 Å². The molecule has 0 bridgehead atoms. The van der Waals surface area contributed by atoms with Gasteiger partial charge in [0, 0.05) is 0 Å². The van der Waals surface area contributed by atoms with Gasteiger partial charge in [0.15, 0.2) is 0 Å². The molecule has 0 aliphatic rings. The molecule has 1 aromatic carbocycles. The van der Waals surface area contributed by atoms with Crippen LogP contribution >= 0.6 is 23.1 Å². The lowest BCUT2D eigenvalue weighted by molar-refractivity contribution is 0.476. The number of phenols is 1. The van der Waals surface area contributed by atoms with E-state index in [9.17, 15) is 5.11 Å². The minimum Gasteiger partial charge on any atom is -0.508 e. The molecule has 4 heteroatoms. The van der Waals surface area contributed by atoms with Crippen molar-refractivity contribution in [3.8, 4) is 11.8 Å². The fourth-order valence-electron chi connectivity index (χ4n) is 1.30. The Morgan fingerprint density at radius 3 is 2.86 bits per heavy atom. The zero-order valence-electron chi connectivity index (χ0n) is 7.44. The maximum absolute atomic E-state index is 9.37. The molecule has 0 spiro atoms. The molecule has 1 N–H and O–H groups in total. The van der Waals surface area contributed by atoms with Gasteiger partial charge in [0.2, 0.25) is 0 Å². The van der Waals surface area contributed by atoms with E-state index >= 15 is 0 Å². The summed E-state index contributed by atoms with van der Waals surface area (Å²) < 4.78 is 2.11. The molecule has 14 heavy (non-hydrogen) atoms. The van der Waals surface area contributed by atoms with E-state index in [0.29, 0.717) is 5.56 Å². The van der Waals surface area contributed by atoms with Crippen LogP contribution in [-0.2, 0) is 0 Å². The van der Waals surface area contributed by atoms with Gasteiger partial charge in [-0.2, -0.15) is 5.26 Å². The summed E-state index contributed by atoms with van der Waals surface area (Å²) in [6.45, 7) is 0. The third kappa shape index (κ3) is 1.45. The van der Waals surface area contributed by atoms with E-state index in [1.54, 1.807) is 29.2 Å². The number of rotatable bonds is 1. The average molecular weight is 221 g/mol. The fraction of sp³-hybridized carbons (Fsp3) is 0.100. The lowest BCUT2D eigenvalue weighted by Crippen LogP contribution is -1.73. The topological polar surface area (TPSA) is 44.0 Å². The van der Waals surface area contributed by atoms with Crippen LogP contribution in [0.4, 0.5) is 0 Å². The van der Waals surface area contributed by atoms with Crippen molar-refractivity contribution >= 4 is 33.2 Å². The minimum atomic E-state index is 0.152. The monoisotopic (exact) mass is 221 g/mol. The van der Waals surface area contributed by atoms with Gasteiger partial charge in [-0.3, -0.25) is 0 Å². The Morgan fingerprint density at radius 1 is 1.43 bits per heavy atom. The van der Waals surface area contributed by atoms with Crippen molar-refractivity contribution in [2.24, 2.45) is 0 Å². The predicted octanol–water partition coefficient (Wildman–Crippen LogP) is 3.20. The molecule has 0 radical (unpaired) electrons. The molecule has 0 amide bonds. The van der Waals surface area contributed by atoms with E-state index < -0.39 is 0 Å². The molecule has 2 nitrogen and oxygen atoms in total. The van der Waals surface area contributed by atoms with Gasteiger partial charge in [0.25, 0.3) is 0 Å². The number of thiophene rings is 1.